The first kappa shape index (κ1) is 12.0. The molecule has 0 bridgehead atoms. The molecule has 1 aromatic carbocycles. The summed E-state index contributed by atoms with van der Waals surface area (Å²) in [4.78, 5) is 1.41. The minimum atomic E-state index is -0.178. The molecular formula is C13H19NOS. The van der Waals surface area contributed by atoms with Crippen LogP contribution in [0.5, 0.6) is 0 Å². The summed E-state index contributed by atoms with van der Waals surface area (Å²) in [5, 5.41) is 12.6. The zero-order chi connectivity index (χ0) is 11.6. The molecule has 0 saturated heterocycles. The standard InChI is InChI=1S/C13H19NOS/c1-13(2,9-15)14-7-10-8-16-12-6-4-3-5-11(10)12/h3-6,10,14-15H,7-9H2,1-2H3. The van der Waals surface area contributed by atoms with Crippen molar-refractivity contribution in [2.75, 3.05) is 18.9 Å². The molecule has 0 fully saturated rings. The first-order chi connectivity index (χ1) is 7.62. The van der Waals surface area contributed by atoms with E-state index in [0.29, 0.717) is 5.92 Å². The fourth-order valence-corrected chi connectivity index (χ4v) is 3.11. The van der Waals surface area contributed by atoms with Crippen LogP contribution in [0.25, 0.3) is 0 Å². The average Bonchev–Trinajstić information content (AvgIpc) is 2.70. The van der Waals surface area contributed by atoms with E-state index in [0.717, 1.165) is 12.3 Å². The fourth-order valence-electron chi connectivity index (χ4n) is 1.85. The van der Waals surface area contributed by atoms with Crippen LogP contribution in [0.3, 0.4) is 0 Å². The quantitative estimate of drug-likeness (QED) is 0.842. The van der Waals surface area contributed by atoms with Gasteiger partial charge in [-0.25, -0.2) is 0 Å². The van der Waals surface area contributed by atoms with Crippen molar-refractivity contribution in [2.24, 2.45) is 0 Å². The molecule has 88 valence electrons. The monoisotopic (exact) mass is 237 g/mol. The van der Waals surface area contributed by atoms with Gasteiger partial charge in [-0.2, -0.15) is 0 Å². The molecule has 0 radical (unpaired) electrons. The number of fused-ring (bicyclic) bond motifs is 1. The lowest BCUT2D eigenvalue weighted by atomic mass is 9.99. The topological polar surface area (TPSA) is 32.3 Å². The summed E-state index contributed by atoms with van der Waals surface area (Å²) in [6, 6.07) is 8.61. The summed E-state index contributed by atoms with van der Waals surface area (Å²) < 4.78 is 0. The predicted octanol–water partition coefficient (Wildman–Crippen LogP) is 2.24. The highest BCUT2D eigenvalue weighted by Crippen LogP contribution is 2.38. The van der Waals surface area contributed by atoms with Crippen LogP contribution in [-0.2, 0) is 0 Å². The molecular weight excluding hydrogens is 218 g/mol. The summed E-state index contributed by atoms with van der Waals surface area (Å²) in [6.45, 7) is 5.17. The Bertz CT molecular complexity index is 365. The number of rotatable bonds is 4. The van der Waals surface area contributed by atoms with Gasteiger partial charge in [0.05, 0.1) is 6.61 Å². The summed E-state index contributed by atoms with van der Waals surface area (Å²) in [5.41, 5.74) is 1.27. The van der Waals surface area contributed by atoms with Gasteiger partial charge in [-0.05, 0) is 25.5 Å². The van der Waals surface area contributed by atoms with E-state index in [2.05, 4.69) is 29.6 Å². The van der Waals surface area contributed by atoms with Gasteiger partial charge in [-0.3, -0.25) is 0 Å². The Morgan fingerprint density at radius 1 is 1.44 bits per heavy atom. The fraction of sp³-hybridized carbons (Fsp3) is 0.538. The van der Waals surface area contributed by atoms with Crippen molar-refractivity contribution < 1.29 is 5.11 Å². The van der Waals surface area contributed by atoms with E-state index in [4.69, 9.17) is 0 Å². The van der Waals surface area contributed by atoms with Crippen LogP contribution in [0.2, 0.25) is 0 Å². The molecule has 0 aromatic heterocycles. The molecule has 1 aromatic rings. The Labute approximate surface area is 101 Å². The Kier molecular flexibility index (Phi) is 3.57. The smallest absolute Gasteiger partial charge is 0.0607 e. The molecule has 2 rings (SSSR count). The van der Waals surface area contributed by atoms with E-state index in [1.54, 1.807) is 0 Å². The second kappa shape index (κ2) is 4.78. The predicted molar refractivity (Wildman–Crippen MR) is 69.1 cm³/mol. The zero-order valence-electron chi connectivity index (χ0n) is 9.86. The molecule has 0 aliphatic carbocycles. The van der Waals surface area contributed by atoms with E-state index in [-0.39, 0.29) is 12.1 Å². The molecule has 0 spiro atoms. The lowest BCUT2D eigenvalue weighted by molar-refractivity contribution is 0.187. The van der Waals surface area contributed by atoms with Crippen LogP contribution in [0, 0.1) is 0 Å². The van der Waals surface area contributed by atoms with Gasteiger partial charge < -0.3 is 10.4 Å². The van der Waals surface area contributed by atoms with Crippen molar-refractivity contribution >= 4 is 11.8 Å². The lowest BCUT2D eigenvalue weighted by Crippen LogP contribution is -2.44. The van der Waals surface area contributed by atoms with Crippen molar-refractivity contribution in [2.45, 2.75) is 30.2 Å². The number of thioether (sulfide) groups is 1. The van der Waals surface area contributed by atoms with Crippen LogP contribution in [0.15, 0.2) is 29.2 Å². The maximum Gasteiger partial charge on any atom is 0.0607 e. The van der Waals surface area contributed by atoms with Crippen molar-refractivity contribution in [3.8, 4) is 0 Å². The summed E-state index contributed by atoms with van der Waals surface area (Å²) in [5.74, 6) is 1.72. The van der Waals surface area contributed by atoms with Gasteiger partial charge in [0.2, 0.25) is 0 Å². The van der Waals surface area contributed by atoms with Gasteiger partial charge in [0.15, 0.2) is 0 Å². The van der Waals surface area contributed by atoms with Gasteiger partial charge in [0.25, 0.3) is 0 Å². The molecule has 1 aliphatic heterocycles. The van der Waals surface area contributed by atoms with E-state index in [9.17, 15) is 5.11 Å². The summed E-state index contributed by atoms with van der Waals surface area (Å²) in [7, 11) is 0. The number of hydrogen-bond acceptors (Lipinski definition) is 3. The lowest BCUT2D eigenvalue weighted by Gasteiger charge is -2.25. The van der Waals surface area contributed by atoms with Crippen LogP contribution in [0.4, 0.5) is 0 Å². The van der Waals surface area contributed by atoms with Gasteiger partial charge in [-0.1, -0.05) is 18.2 Å². The highest BCUT2D eigenvalue weighted by Gasteiger charge is 2.24. The molecule has 0 saturated carbocycles. The Morgan fingerprint density at radius 2 is 2.19 bits per heavy atom. The summed E-state index contributed by atoms with van der Waals surface area (Å²) >= 11 is 1.93. The minimum Gasteiger partial charge on any atom is -0.394 e. The number of aliphatic hydroxyl groups is 1. The van der Waals surface area contributed by atoms with Gasteiger partial charge in [-0.15, -0.1) is 11.8 Å². The van der Waals surface area contributed by atoms with Crippen molar-refractivity contribution in [3.05, 3.63) is 29.8 Å². The first-order valence-electron chi connectivity index (χ1n) is 5.70. The van der Waals surface area contributed by atoms with Crippen LogP contribution >= 0.6 is 11.8 Å². The molecule has 3 heteroatoms. The van der Waals surface area contributed by atoms with Gasteiger partial charge in [0.1, 0.15) is 0 Å². The Morgan fingerprint density at radius 3 is 2.94 bits per heavy atom. The normalized spacial score (nSPS) is 19.8. The molecule has 1 heterocycles. The molecule has 16 heavy (non-hydrogen) atoms. The second-order valence-corrected chi connectivity index (χ2v) is 6.03. The largest absolute Gasteiger partial charge is 0.394 e. The molecule has 1 atom stereocenters. The third kappa shape index (κ3) is 2.59. The van der Waals surface area contributed by atoms with Crippen LogP contribution in [0.1, 0.15) is 25.3 Å². The summed E-state index contributed by atoms with van der Waals surface area (Å²) in [6.07, 6.45) is 0. The van der Waals surface area contributed by atoms with Crippen LogP contribution < -0.4 is 5.32 Å². The molecule has 0 amide bonds. The molecule has 1 aliphatic rings. The van der Waals surface area contributed by atoms with Gasteiger partial charge >= 0.3 is 0 Å². The molecule has 1 unspecified atom stereocenters. The third-order valence-electron chi connectivity index (χ3n) is 3.02. The molecule has 2 nitrogen and oxygen atoms in total. The second-order valence-electron chi connectivity index (χ2n) is 4.97. The number of hydrogen-bond donors (Lipinski definition) is 2. The Hall–Kier alpha value is -0.510. The SMILES string of the molecule is CC(C)(CO)NCC1CSc2ccccc21. The maximum absolute atomic E-state index is 9.20. The van der Waals surface area contributed by atoms with E-state index in [1.807, 2.05) is 25.6 Å². The zero-order valence-corrected chi connectivity index (χ0v) is 10.7. The van der Waals surface area contributed by atoms with Gasteiger partial charge in [0, 0.05) is 28.6 Å². The number of aliphatic hydroxyl groups excluding tert-OH is 1. The van der Waals surface area contributed by atoms with Crippen molar-refractivity contribution in [1.82, 2.24) is 5.32 Å². The van der Waals surface area contributed by atoms with Crippen molar-refractivity contribution in [3.63, 3.8) is 0 Å². The van der Waals surface area contributed by atoms with E-state index < -0.39 is 0 Å². The van der Waals surface area contributed by atoms with E-state index >= 15 is 0 Å². The van der Waals surface area contributed by atoms with Crippen molar-refractivity contribution in [1.29, 1.82) is 0 Å². The van der Waals surface area contributed by atoms with E-state index in [1.165, 1.54) is 10.5 Å². The van der Waals surface area contributed by atoms with Crippen LogP contribution in [-0.4, -0.2) is 29.5 Å². The number of benzene rings is 1. The highest BCUT2D eigenvalue weighted by molar-refractivity contribution is 7.99. The minimum absolute atomic E-state index is 0.175. The maximum atomic E-state index is 9.20. The Balaban J connectivity index is 1.99. The number of nitrogens with one attached hydrogen (secondary N) is 1. The third-order valence-corrected chi connectivity index (χ3v) is 4.27. The molecule has 2 N–H and O–H groups in total. The first-order valence-corrected chi connectivity index (χ1v) is 6.68. The average molecular weight is 237 g/mol. The highest BCUT2D eigenvalue weighted by atomic mass is 32.2.